The number of alkyl halides is 3. The predicted molar refractivity (Wildman–Crippen MR) is 62.1 cm³/mol. The van der Waals surface area contributed by atoms with E-state index in [-0.39, 0.29) is 5.69 Å². The number of benzene rings is 1. The first-order valence-electron chi connectivity index (χ1n) is 5.47. The fourth-order valence-electron chi connectivity index (χ4n) is 1.60. The van der Waals surface area contributed by atoms with E-state index in [9.17, 15) is 17.6 Å². The first kappa shape index (κ1) is 13.4. The Morgan fingerprint density at radius 3 is 2.63 bits per heavy atom. The van der Waals surface area contributed by atoms with Gasteiger partial charge >= 0.3 is 6.18 Å². The first-order valence-corrected chi connectivity index (χ1v) is 5.47. The molecule has 2 N–H and O–H groups in total. The van der Waals surface area contributed by atoms with Crippen LogP contribution in [0, 0.1) is 12.7 Å². The maximum atomic E-state index is 13.1. The van der Waals surface area contributed by atoms with Crippen LogP contribution >= 0.6 is 0 Å². The van der Waals surface area contributed by atoms with Crippen LogP contribution in [0.2, 0.25) is 0 Å². The maximum Gasteiger partial charge on any atom is 0.419 e. The summed E-state index contributed by atoms with van der Waals surface area (Å²) in [7, 11) is 0. The standard InChI is InChI=1S/C12H11F4N3/c1-7-8(6-18-19-7)5-17-9-2-3-11(13)10(4-9)12(14,15)16/h2-4,6,17H,5H2,1H3,(H,18,19). The molecule has 102 valence electrons. The second-order valence-corrected chi connectivity index (χ2v) is 4.07. The van der Waals surface area contributed by atoms with Crippen molar-refractivity contribution < 1.29 is 17.6 Å². The van der Waals surface area contributed by atoms with Gasteiger partial charge in [-0.3, -0.25) is 5.10 Å². The second kappa shape index (κ2) is 4.91. The fourth-order valence-corrected chi connectivity index (χ4v) is 1.60. The van der Waals surface area contributed by atoms with E-state index in [1.54, 1.807) is 13.1 Å². The number of aromatic amines is 1. The molecule has 1 aromatic carbocycles. The minimum Gasteiger partial charge on any atom is -0.381 e. The number of hydrogen-bond acceptors (Lipinski definition) is 2. The van der Waals surface area contributed by atoms with Crippen molar-refractivity contribution in [1.82, 2.24) is 10.2 Å². The highest BCUT2D eigenvalue weighted by Gasteiger charge is 2.34. The minimum absolute atomic E-state index is 0.203. The highest BCUT2D eigenvalue weighted by molar-refractivity contribution is 5.47. The zero-order valence-corrected chi connectivity index (χ0v) is 9.98. The van der Waals surface area contributed by atoms with Crippen LogP contribution in [0.4, 0.5) is 23.2 Å². The van der Waals surface area contributed by atoms with Crippen molar-refractivity contribution in [1.29, 1.82) is 0 Å². The van der Waals surface area contributed by atoms with Crippen molar-refractivity contribution in [2.24, 2.45) is 0 Å². The van der Waals surface area contributed by atoms with E-state index in [0.717, 1.165) is 23.4 Å². The van der Waals surface area contributed by atoms with Crippen LogP contribution in [0.5, 0.6) is 0 Å². The van der Waals surface area contributed by atoms with Crippen LogP contribution < -0.4 is 5.32 Å². The van der Waals surface area contributed by atoms with Gasteiger partial charge in [0.25, 0.3) is 0 Å². The quantitative estimate of drug-likeness (QED) is 0.840. The Morgan fingerprint density at radius 1 is 1.32 bits per heavy atom. The minimum atomic E-state index is -4.70. The summed E-state index contributed by atoms with van der Waals surface area (Å²) >= 11 is 0. The molecule has 19 heavy (non-hydrogen) atoms. The molecule has 0 unspecified atom stereocenters. The van der Waals surface area contributed by atoms with Gasteiger partial charge in [-0.1, -0.05) is 0 Å². The maximum absolute atomic E-state index is 13.1. The summed E-state index contributed by atoms with van der Waals surface area (Å²) in [5.41, 5.74) is 0.583. The zero-order valence-electron chi connectivity index (χ0n) is 9.98. The van der Waals surface area contributed by atoms with Crippen molar-refractivity contribution in [3.05, 3.63) is 47.0 Å². The molecular formula is C12H11F4N3. The van der Waals surface area contributed by atoms with Crippen LogP contribution in [0.1, 0.15) is 16.8 Å². The molecule has 3 nitrogen and oxygen atoms in total. The van der Waals surface area contributed by atoms with Crippen LogP contribution in [0.3, 0.4) is 0 Å². The smallest absolute Gasteiger partial charge is 0.381 e. The van der Waals surface area contributed by atoms with E-state index in [4.69, 9.17) is 0 Å². The molecule has 0 aliphatic carbocycles. The summed E-state index contributed by atoms with van der Waals surface area (Å²) in [6.07, 6.45) is -3.12. The van der Waals surface area contributed by atoms with Gasteiger partial charge in [0.1, 0.15) is 5.82 Å². The highest BCUT2D eigenvalue weighted by atomic mass is 19.4. The summed E-state index contributed by atoms with van der Waals surface area (Å²) in [5, 5.41) is 9.32. The average molecular weight is 273 g/mol. The Morgan fingerprint density at radius 2 is 2.05 bits per heavy atom. The van der Waals surface area contributed by atoms with Gasteiger partial charge in [-0.15, -0.1) is 0 Å². The van der Waals surface area contributed by atoms with Crippen molar-refractivity contribution in [2.75, 3.05) is 5.32 Å². The average Bonchev–Trinajstić information content (AvgIpc) is 2.72. The Balaban J connectivity index is 2.16. The van der Waals surface area contributed by atoms with Gasteiger partial charge in [0.05, 0.1) is 11.8 Å². The number of anilines is 1. The molecule has 1 heterocycles. The molecule has 0 fully saturated rings. The number of rotatable bonds is 3. The third kappa shape index (κ3) is 3.04. The zero-order chi connectivity index (χ0) is 14.0. The van der Waals surface area contributed by atoms with Crippen molar-refractivity contribution in [3.63, 3.8) is 0 Å². The summed E-state index contributed by atoms with van der Waals surface area (Å²) in [5.74, 6) is -1.28. The van der Waals surface area contributed by atoms with Gasteiger partial charge in [-0.2, -0.15) is 18.3 Å². The van der Waals surface area contributed by atoms with Crippen LogP contribution in [-0.4, -0.2) is 10.2 Å². The van der Waals surface area contributed by atoms with Crippen LogP contribution in [0.15, 0.2) is 24.4 Å². The van der Waals surface area contributed by atoms with E-state index in [1.807, 2.05) is 0 Å². The molecule has 0 radical (unpaired) electrons. The SMILES string of the molecule is Cc1[nH]ncc1CNc1ccc(F)c(C(F)(F)F)c1. The molecule has 0 saturated heterocycles. The van der Waals surface area contributed by atoms with Crippen molar-refractivity contribution in [3.8, 4) is 0 Å². The van der Waals surface area contributed by atoms with Crippen LogP contribution in [0.25, 0.3) is 0 Å². The van der Waals surface area contributed by atoms with Crippen molar-refractivity contribution >= 4 is 5.69 Å². The predicted octanol–water partition coefficient (Wildman–Crippen LogP) is 3.49. The lowest BCUT2D eigenvalue weighted by molar-refractivity contribution is -0.139. The van der Waals surface area contributed by atoms with Gasteiger partial charge in [-0.05, 0) is 25.1 Å². The number of nitrogens with zero attached hydrogens (tertiary/aromatic N) is 1. The lowest BCUT2D eigenvalue weighted by Crippen LogP contribution is -2.09. The Kier molecular flexibility index (Phi) is 3.46. The summed E-state index contributed by atoms with van der Waals surface area (Å²) < 4.78 is 50.7. The Hall–Kier alpha value is -2.05. The number of halogens is 4. The molecular weight excluding hydrogens is 262 g/mol. The lowest BCUT2D eigenvalue weighted by Gasteiger charge is -2.11. The summed E-state index contributed by atoms with van der Waals surface area (Å²) in [6, 6.07) is 2.82. The van der Waals surface area contributed by atoms with Gasteiger partial charge in [-0.25, -0.2) is 4.39 Å². The van der Waals surface area contributed by atoms with Gasteiger partial charge in [0.15, 0.2) is 0 Å². The molecule has 0 bridgehead atoms. The molecule has 1 aromatic heterocycles. The van der Waals surface area contributed by atoms with E-state index in [1.165, 1.54) is 6.07 Å². The Labute approximate surface area is 106 Å². The number of aromatic nitrogens is 2. The van der Waals surface area contributed by atoms with E-state index in [2.05, 4.69) is 15.5 Å². The molecule has 0 spiro atoms. The number of aryl methyl sites for hydroxylation is 1. The van der Waals surface area contributed by atoms with Gasteiger partial charge < -0.3 is 5.32 Å². The normalized spacial score (nSPS) is 11.6. The highest BCUT2D eigenvalue weighted by Crippen LogP contribution is 2.33. The van der Waals surface area contributed by atoms with Gasteiger partial charge in [0.2, 0.25) is 0 Å². The molecule has 2 rings (SSSR count). The first-order chi connectivity index (χ1) is 8.88. The third-order valence-corrected chi connectivity index (χ3v) is 2.69. The van der Waals surface area contributed by atoms with Gasteiger partial charge in [0, 0.05) is 23.5 Å². The number of H-pyrrole nitrogens is 1. The molecule has 0 aliphatic rings. The molecule has 0 amide bonds. The molecule has 0 aliphatic heterocycles. The van der Waals surface area contributed by atoms with E-state index >= 15 is 0 Å². The molecule has 2 aromatic rings. The number of hydrogen-bond donors (Lipinski definition) is 2. The van der Waals surface area contributed by atoms with E-state index < -0.39 is 17.6 Å². The molecule has 0 atom stereocenters. The van der Waals surface area contributed by atoms with Crippen molar-refractivity contribution in [2.45, 2.75) is 19.6 Å². The summed E-state index contributed by atoms with van der Waals surface area (Å²) in [4.78, 5) is 0. The largest absolute Gasteiger partial charge is 0.419 e. The van der Waals surface area contributed by atoms with Crippen LogP contribution in [-0.2, 0) is 12.7 Å². The second-order valence-electron chi connectivity index (χ2n) is 4.07. The monoisotopic (exact) mass is 273 g/mol. The Bertz CT molecular complexity index is 575. The summed E-state index contributed by atoms with van der Waals surface area (Å²) in [6.45, 7) is 2.11. The van der Waals surface area contributed by atoms with E-state index in [0.29, 0.717) is 6.54 Å². The topological polar surface area (TPSA) is 40.7 Å². The third-order valence-electron chi connectivity index (χ3n) is 2.69. The lowest BCUT2D eigenvalue weighted by atomic mass is 10.1. The molecule has 0 saturated carbocycles. The fraction of sp³-hybridized carbons (Fsp3) is 0.250. The molecule has 7 heteroatoms. The number of nitrogens with one attached hydrogen (secondary N) is 2.